The molecule has 0 N–H and O–H groups in total. The summed E-state index contributed by atoms with van der Waals surface area (Å²) in [4.78, 5) is 21.6. The van der Waals surface area contributed by atoms with Crippen molar-refractivity contribution in [2.45, 2.75) is 46.1 Å². The smallest absolute Gasteiger partial charge is 0.347 e. The molecule has 0 bridgehead atoms. The maximum Gasteiger partial charge on any atom is 0.347 e. The second kappa shape index (κ2) is 8.26. The van der Waals surface area contributed by atoms with E-state index in [4.69, 9.17) is 4.74 Å². The zero-order chi connectivity index (χ0) is 11.7. The lowest BCUT2D eigenvalue weighted by molar-refractivity contribution is -0.162. The topological polar surface area (TPSA) is 52.6 Å². The van der Waals surface area contributed by atoms with Gasteiger partial charge in [-0.15, -0.1) is 0 Å². The number of unbranched alkanes of at least 4 members (excludes halogenated alkanes) is 1. The Morgan fingerprint density at radius 2 is 2.07 bits per heavy atom. The van der Waals surface area contributed by atoms with Gasteiger partial charge in [0.1, 0.15) is 0 Å². The third-order valence-corrected chi connectivity index (χ3v) is 1.86. The van der Waals surface area contributed by atoms with Crippen molar-refractivity contribution >= 4 is 12.4 Å². The fraction of sp³-hybridized carbons (Fsp3) is 0.818. The minimum Gasteiger partial charge on any atom is -0.463 e. The molecule has 0 rings (SSSR count). The van der Waals surface area contributed by atoms with Crippen LogP contribution in [0, 0.1) is 5.92 Å². The average molecular weight is 216 g/mol. The van der Waals surface area contributed by atoms with Gasteiger partial charge >= 0.3 is 5.97 Å². The molecule has 0 spiro atoms. The van der Waals surface area contributed by atoms with Gasteiger partial charge in [0.25, 0.3) is 6.47 Å². The van der Waals surface area contributed by atoms with Gasteiger partial charge in [-0.25, -0.2) is 4.79 Å². The molecule has 0 aromatic carbocycles. The molecule has 0 radical (unpaired) electrons. The first kappa shape index (κ1) is 13.9. The Kier molecular flexibility index (Phi) is 7.68. The third-order valence-electron chi connectivity index (χ3n) is 1.86. The molecule has 0 aliphatic heterocycles. The summed E-state index contributed by atoms with van der Waals surface area (Å²) in [7, 11) is 0. The molecular weight excluding hydrogens is 196 g/mol. The lowest BCUT2D eigenvalue weighted by Gasteiger charge is -2.14. The Morgan fingerprint density at radius 3 is 2.53 bits per heavy atom. The number of hydrogen-bond donors (Lipinski definition) is 0. The molecule has 0 fully saturated rings. The summed E-state index contributed by atoms with van der Waals surface area (Å²) in [5.41, 5.74) is 0. The van der Waals surface area contributed by atoms with E-state index in [1.165, 1.54) is 0 Å². The Hall–Kier alpha value is -1.06. The monoisotopic (exact) mass is 216 g/mol. The Bertz CT molecular complexity index is 189. The SMILES string of the molecule is CCCCC(OC=O)C(=O)OCC(C)C. The molecule has 1 atom stereocenters. The number of ether oxygens (including phenoxy) is 2. The highest BCUT2D eigenvalue weighted by Crippen LogP contribution is 2.07. The first-order valence-corrected chi connectivity index (χ1v) is 5.37. The van der Waals surface area contributed by atoms with Gasteiger partial charge in [-0.3, -0.25) is 4.79 Å². The van der Waals surface area contributed by atoms with Crippen LogP contribution >= 0.6 is 0 Å². The van der Waals surface area contributed by atoms with E-state index < -0.39 is 12.1 Å². The van der Waals surface area contributed by atoms with Crippen molar-refractivity contribution in [1.82, 2.24) is 0 Å². The van der Waals surface area contributed by atoms with Crippen molar-refractivity contribution in [3.8, 4) is 0 Å². The quantitative estimate of drug-likeness (QED) is 0.459. The van der Waals surface area contributed by atoms with Crippen LogP contribution in [-0.2, 0) is 19.1 Å². The molecule has 0 aliphatic carbocycles. The molecule has 0 amide bonds. The molecule has 88 valence electrons. The fourth-order valence-corrected chi connectivity index (χ4v) is 1.04. The summed E-state index contributed by atoms with van der Waals surface area (Å²) < 4.78 is 9.68. The molecule has 1 unspecified atom stereocenters. The zero-order valence-corrected chi connectivity index (χ0v) is 9.69. The highest BCUT2D eigenvalue weighted by molar-refractivity contribution is 5.75. The number of carbonyl (C=O) groups is 2. The summed E-state index contributed by atoms with van der Waals surface area (Å²) in [5.74, 6) is -0.152. The minimum absolute atomic E-state index is 0.289. The summed E-state index contributed by atoms with van der Waals surface area (Å²) in [5, 5.41) is 0. The Labute approximate surface area is 90.9 Å². The van der Waals surface area contributed by atoms with E-state index in [2.05, 4.69) is 4.74 Å². The van der Waals surface area contributed by atoms with Crippen LogP contribution in [0.25, 0.3) is 0 Å². The van der Waals surface area contributed by atoms with Crippen LogP contribution in [0.15, 0.2) is 0 Å². The highest BCUT2D eigenvalue weighted by atomic mass is 16.6. The van der Waals surface area contributed by atoms with Gasteiger partial charge in [0.05, 0.1) is 6.61 Å². The number of esters is 1. The standard InChI is InChI=1S/C11H20O4/c1-4-5-6-10(15-8-12)11(13)14-7-9(2)3/h8-10H,4-7H2,1-3H3. The van der Waals surface area contributed by atoms with E-state index in [0.717, 1.165) is 12.8 Å². The molecule has 0 aliphatic rings. The maximum atomic E-state index is 11.4. The molecule has 0 saturated heterocycles. The molecule has 0 aromatic heterocycles. The summed E-state index contributed by atoms with van der Waals surface area (Å²) in [6.07, 6.45) is 1.60. The Morgan fingerprint density at radius 1 is 1.40 bits per heavy atom. The fourth-order valence-electron chi connectivity index (χ4n) is 1.04. The van der Waals surface area contributed by atoms with E-state index in [1.807, 2.05) is 20.8 Å². The molecular formula is C11H20O4. The van der Waals surface area contributed by atoms with Gasteiger partial charge in [0.15, 0.2) is 6.10 Å². The van der Waals surface area contributed by atoms with Crippen LogP contribution in [0.2, 0.25) is 0 Å². The lowest BCUT2D eigenvalue weighted by Crippen LogP contribution is -2.27. The van der Waals surface area contributed by atoms with Crippen LogP contribution in [0.4, 0.5) is 0 Å². The van der Waals surface area contributed by atoms with Gasteiger partial charge in [0, 0.05) is 0 Å². The highest BCUT2D eigenvalue weighted by Gasteiger charge is 2.20. The van der Waals surface area contributed by atoms with Crippen LogP contribution in [0.5, 0.6) is 0 Å². The second-order valence-electron chi connectivity index (χ2n) is 3.89. The number of hydrogen-bond acceptors (Lipinski definition) is 4. The predicted molar refractivity (Wildman–Crippen MR) is 56.3 cm³/mol. The van der Waals surface area contributed by atoms with Crippen molar-refractivity contribution < 1.29 is 19.1 Å². The first-order valence-electron chi connectivity index (χ1n) is 5.37. The molecule has 4 nitrogen and oxygen atoms in total. The molecule has 0 heterocycles. The summed E-state index contributed by atoms with van der Waals surface area (Å²) in [6.45, 7) is 6.59. The first-order chi connectivity index (χ1) is 7.11. The van der Waals surface area contributed by atoms with Gasteiger partial charge < -0.3 is 9.47 Å². The van der Waals surface area contributed by atoms with E-state index >= 15 is 0 Å². The molecule has 0 saturated carbocycles. The summed E-state index contributed by atoms with van der Waals surface area (Å²) >= 11 is 0. The van der Waals surface area contributed by atoms with Crippen molar-refractivity contribution in [2.75, 3.05) is 6.61 Å². The Balaban J connectivity index is 3.97. The molecule has 4 heteroatoms. The van der Waals surface area contributed by atoms with E-state index in [-0.39, 0.29) is 5.92 Å². The lowest BCUT2D eigenvalue weighted by atomic mass is 10.1. The van der Waals surface area contributed by atoms with Crippen LogP contribution < -0.4 is 0 Å². The van der Waals surface area contributed by atoms with E-state index in [0.29, 0.717) is 19.5 Å². The summed E-state index contributed by atoms with van der Waals surface area (Å²) in [6, 6.07) is 0. The van der Waals surface area contributed by atoms with E-state index in [9.17, 15) is 9.59 Å². The number of rotatable bonds is 8. The van der Waals surface area contributed by atoms with Gasteiger partial charge in [-0.05, 0) is 18.8 Å². The van der Waals surface area contributed by atoms with Crippen molar-refractivity contribution in [2.24, 2.45) is 5.92 Å². The number of carbonyl (C=O) groups excluding carboxylic acids is 2. The van der Waals surface area contributed by atoms with Gasteiger partial charge in [-0.1, -0.05) is 27.2 Å². The third kappa shape index (κ3) is 6.94. The molecule has 0 aromatic rings. The van der Waals surface area contributed by atoms with Crippen LogP contribution in [0.3, 0.4) is 0 Å². The van der Waals surface area contributed by atoms with Crippen molar-refractivity contribution in [1.29, 1.82) is 0 Å². The minimum atomic E-state index is -0.735. The largest absolute Gasteiger partial charge is 0.463 e. The normalized spacial score (nSPS) is 12.3. The van der Waals surface area contributed by atoms with Crippen molar-refractivity contribution in [3.63, 3.8) is 0 Å². The molecule has 15 heavy (non-hydrogen) atoms. The maximum absolute atomic E-state index is 11.4. The zero-order valence-electron chi connectivity index (χ0n) is 9.69. The van der Waals surface area contributed by atoms with Crippen LogP contribution in [0.1, 0.15) is 40.0 Å². The predicted octanol–water partition coefficient (Wildman–Crippen LogP) is 1.92. The van der Waals surface area contributed by atoms with Crippen molar-refractivity contribution in [3.05, 3.63) is 0 Å². The second-order valence-corrected chi connectivity index (χ2v) is 3.89. The van der Waals surface area contributed by atoms with Gasteiger partial charge in [0.2, 0.25) is 0 Å². The van der Waals surface area contributed by atoms with Crippen LogP contribution in [-0.4, -0.2) is 25.2 Å². The average Bonchev–Trinajstić information content (AvgIpc) is 2.20. The van der Waals surface area contributed by atoms with E-state index in [1.54, 1.807) is 0 Å². The van der Waals surface area contributed by atoms with Gasteiger partial charge in [-0.2, -0.15) is 0 Å².